The van der Waals surface area contributed by atoms with E-state index in [0.29, 0.717) is 31.7 Å². The zero-order valence-corrected chi connectivity index (χ0v) is 13.9. The number of para-hydroxylation sites is 2. The summed E-state index contributed by atoms with van der Waals surface area (Å²) in [7, 11) is 0. The van der Waals surface area contributed by atoms with Gasteiger partial charge < -0.3 is 25.4 Å². The van der Waals surface area contributed by atoms with Gasteiger partial charge in [0.2, 0.25) is 5.91 Å². The number of amides is 1. The van der Waals surface area contributed by atoms with Crippen LogP contribution in [-0.2, 0) is 9.53 Å². The molecule has 2 fully saturated rings. The van der Waals surface area contributed by atoms with Crippen LogP contribution in [-0.4, -0.2) is 50.4 Å². The van der Waals surface area contributed by atoms with Crippen molar-refractivity contribution in [2.45, 2.75) is 44.1 Å². The standard InChI is InChI=1S/C17H23F2N3O3/c18-17(19)25-14-4-2-1-3-13(14)22-8-7-11(10-22)21-16(23)15-6-5-12(9-20)24-15/h1-4,11-12,15,17H,5-10,20H2,(H,21,23)/t11?,12-,15+/m1/s1. The maximum absolute atomic E-state index is 12.5. The molecule has 0 spiro atoms. The summed E-state index contributed by atoms with van der Waals surface area (Å²) in [4.78, 5) is 14.2. The van der Waals surface area contributed by atoms with E-state index in [2.05, 4.69) is 10.1 Å². The lowest BCUT2D eigenvalue weighted by atomic mass is 10.1. The van der Waals surface area contributed by atoms with Crippen LogP contribution in [0.25, 0.3) is 0 Å². The van der Waals surface area contributed by atoms with Gasteiger partial charge in [-0.3, -0.25) is 4.79 Å². The average molecular weight is 355 g/mol. The monoisotopic (exact) mass is 355 g/mol. The number of carbonyl (C=O) groups excluding carboxylic acids is 1. The summed E-state index contributed by atoms with van der Waals surface area (Å²) < 4.78 is 35.3. The van der Waals surface area contributed by atoms with Crippen molar-refractivity contribution >= 4 is 11.6 Å². The first-order valence-corrected chi connectivity index (χ1v) is 8.51. The Morgan fingerprint density at radius 3 is 2.88 bits per heavy atom. The fourth-order valence-corrected chi connectivity index (χ4v) is 3.38. The Balaban J connectivity index is 1.56. The van der Waals surface area contributed by atoms with Crippen LogP contribution in [0.4, 0.5) is 14.5 Å². The summed E-state index contributed by atoms with van der Waals surface area (Å²) in [5.41, 5.74) is 6.17. The highest BCUT2D eigenvalue weighted by atomic mass is 19.3. The number of alkyl halides is 2. The van der Waals surface area contributed by atoms with E-state index in [4.69, 9.17) is 10.5 Å². The molecular weight excluding hydrogens is 332 g/mol. The Kier molecular flexibility index (Phi) is 5.70. The van der Waals surface area contributed by atoms with Crippen molar-refractivity contribution in [3.05, 3.63) is 24.3 Å². The van der Waals surface area contributed by atoms with Crippen LogP contribution in [0.5, 0.6) is 5.75 Å². The molecule has 2 aliphatic heterocycles. The van der Waals surface area contributed by atoms with E-state index >= 15 is 0 Å². The van der Waals surface area contributed by atoms with Crippen molar-refractivity contribution in [2.75, 3.05) is 24.5 Å². The highest BCUT2D eigenvalue weighted by Crippen LogP contribution is 2.32. The van der Waals surface area contributed by atoms with E-state index in [1.165, 1.54) is 6.07 Å². The number of halogens is 2. The van der Waals surface area contributed by atoms with Crippen LogP contribution < -0.4 is 20.7 Å². The van der Waals surface area contributed by atoms with Crippen LogP contribution in [0.2, 0.25) is 0 Å². The molecule has 0 aromatic heterocycles. The third-order valence-electron chi connectivity index (χ3n) is 4.62. The van der Waals surface area contributed by atoms with Gasteiger partial charge in [0.15, 0.2) is 0 Å². The second kappa shape index (κ2) is 7.97. The van der Waals surface area contributed by atoms with Gasteiger partial charge in [0.25, 0.3) is 0 Å². The average Bonchev–Trinajstić information content (AvgIpc) is 3.24. The number of benzene rings is 1. The molecule has 3 atom stereocenters. The molecule has 3 N–H and O–H groups in total. The SMILES string of the molecule is NC[C@H]1CC[C@@H](C(=O)NC2CCN(c3ccccc3OC(F)F)C2)O1. The van der Waals surface area contributed by atoms with Crippen LogP contribution in [0.15, 0.2) is 24.3 Å². The van der Waals surface area contributed by atoms with Gasteiger partial charge >= 0.3 is 6.61 Å². The summed E-state index contributed by atoms with van der Waals surface area (Å²) in [5, 5.41) is 2.99. The summed E-state index contributed by atoms with van der Waals surface area (Å²) in [6.45, 7) is -1.25. The van der Waals surface area contributed by atoms with E-state index in [-0.39, 0.29) is 23.8 Å². The molecule has 25 heavy (non-hydrogen) atoms. The van der Waals surface area contributed by atoms with Gasteiger partial charge in [-0.1, -0.05) is 12.1 Å². The quantitative estimate of drug-likeness (QED) is 0.809. The first-order valence-electron chi connectivity index (χ1n) is 8.51. The number of anilines is 1. The largest absolute Gasteiger partial charge is 0.433 e. The molecule has 2 saturated heterocycles. The lowest BCUT2D eigenvalue weighted by Gasteiger charge is -2.22. The fraction of sp³-hybridized carbons (Fsp3) is 0.588. The Hall–Kier alpha value is -1.93. The number of rotatable bonds is 6. The molecule has 0 radical (unpaired) electrons. The second-order valence-electron chi connectivity index (χ2n) is 6.35. The molecule has 6 nitrogen and oxygen atoms in total. The van der Waals surface area contributed by atoms with Gasteiger partial charge in [0.1, 0.15) is 11.9 Å². The topological polar surface area (TPSA) is 76.8 Å². The van der Waals surface area contributed by atoms with Gasteiger partial charge in [-0.2, -0.15) is 8.78 Å². The molecular formula is C17H23F2N3O3. The predicted molar refractivity (Wildman–Crippen MR) is 88.8 cm³/mol. The summed E-state index contributed by atoms with van der Waals surface area (Å²) >= 11 is 0. The van der Waals surface area contributed by atoms with Crippen LogP contribution >= 0.6 is 0 Å². The van der Waals surface area contributed by atoms with E-state index < -0.39 is 12.7 Å². The number of hydrogen-bond acceptors (Lipinski definition) is 5. The molecule has 0 saturated carbocycles. The molecule has 3 rings (SSSR count). The minimum absolute atomic E-state index is 0.0470. The number of nitrogens with zero attached hydrogens (tertiary/aromatic N) is 1. The second-order valence-corrected chi connectivity index (χ2v) is 6.35. The molecule has 8 heteroatoms. The lowest BCUT2D eigenvalue weighted by molar-refractivity contribution is -0.132. The molecule has 1 aromatic rings. The van der Waals surface area contributed by atoms with Gasteiger partial charge in [0.05, 0.1) is 11.8 Å². The highest BCUT2D eigenvalue weighted by Gasteiger charge is 2.33. The summed E-state index contributed by atoms with van der Waals surface area (Å²) in [6, 6.07) is 6.65. The first-order chi connectivity index (χ1) is 12.1. The van der Waals surface area contributed by atoms with Gasteiger partial charge in [-0.25, -0.2) is 0 Å². The van der Waals surface area contributed by atoms with E-state index in [9.17, 15) is 13.6 Å². The lowest BCUT2D eigenvalue weighted by Crippen LogP contribution is -2.43. The van der Waals surface area contributed by atoms with Crippen molar-refractivity contribution < 1.29 is 23.0 Å². The van der Waals surface area contributed by atoms with Crippen molar-refractivity contribution in [1.82, 2.24) is 5.32 Å². The first kappa shape index (κ1) is 17.9. The van der Waals surface area contributed by atoms with E-state index in [1.807, 2.05) is 4.90 Å². The maximum Gasteiger partial charge on any atom is 0.387 e. The molecule has 138 valence electrons. The number of carbonyl (C=O) groups is 1. The van der Waals surface area contributed by atoms with Crippen molar-refractivity contribution in [3.63, 3.8) is 0 Å². The Bertz CT molecular complexity index is 602. The van der Waals surface area contributed by atoms with Crippen LogP contribution in [0, 0.1) is 0 Å². The van der Waals surface area contributed by atoms with E-state index in [1.54, 1.807) is 18.2 Å². The number of ether oxygens (including phenoxy) is 2. The maximum atomic E-state index is 12.5. The zero-order chi connectivity index (χ0) is 17.8. The minimum Gasteiger partial charge on any atom is -0.433 e. The number of hydrogen-bond donors (Lipinski definition) is 2. The number of nitrogens with two attached hydrogens (primary N) is 1. The van der Waals surface area contributed by atoms with Crippen molar-refractivity contribution in [2.24, 2.45) is 5.73 Å². The third kappa shape index (κ3) is 4.38. The normalized spacial score (nSPS) is 26.2. The summed E-state index contributed by atoms with van der Waals surface area (Å²) in [6.07, 6.45) is 1.71. The van der Waals surface area contributed by atoms with Crippen LogP contribution in [0.1, 0.15) is 19.3 Å². The number of nitrogens with one attached hydrogen (secondary N) is 1. The fourth-order valence-electron chi connectivity index (χ4n) is 3.38. The molecule has 0 bridgehead atoms. The van der Waals surface area contributed by atoms with Crippen molar-refractivity contribution in [3.8, 4) is 5.75 Å². The third-order valence-corrected chi connectivity index (χ3v) is 4.62. The van der Waals surface area contributed by atoms with Gasteiger partial charge in [-0.05, 0) is 31.4 Å². The Morgan fingerprint density at radius 2 is 2.16 bits per heavy atom. The molecule has 2 aliphatic rings. The highest BCUT2D eigenvalue weighted by molar-refractivity contribution is 5.81. The Morgan fingerprint density at radius 1 is 1.36 bits per heavy atom. The molecule has 1 unspecified atom stereocenters. The van der Waals surface area contributed by atoms with Crippen molar-refractivity contribution in [1.29, 1.82) is 0 Å². The van der Waals surface area contributed by atoms with E-state index in [0.717, 1.165) is 12.8 Å². The van der Waals surface area contributed by atoms with Gasteiger partial charge in [0, 0.05) is 25.7 Å². The van der Waals surface area contributed by atoms with Gasteiger partial charge in [-0.15, -0.1) is 0 Å². The zero-order valence-electron chi connectivity index (χ0n) is 13.9. The predicted octanol–water partition coefficient (Wildman–Crippen LogP) is 1.49. The summed E-state index contributed by atoms with van der Waals surface area (Å²) in [5.74, 6) is 0.0225. The smallest absolute Gasteiger partial charge is 0.387 e. The molecule has 0 aliphatic carbocycles. The minimum atomic E-state index is -2.87. The van der Waals surface area contributed by atoms with Crippen LogP contribution in [0.3, 0.4) is 0 Å². The Labute approximate surface area is 145 Å². The molecule has 2 heterocycles. The molecule has 1 aromatic carbocycles. The molecule has 1 amide bonds.